The molecule has 0 saturated carbocycles. The molecule has 3 aromatic carbocycles. The van der Waals surface area contributed by atoms with Crippen molar-refractivity contribution >= 4 is 17.5 Å². The summed E-state index contributed by atoms with van der Waals surface area (Å²) in [6, 6.07) is 26.9. The summed E-state index contributed by atoms with van der Waals surface area (Å²) in [7, 11) is 0. The smallest absolute Gasteiger partial charge is 0.248 e. The largest absolute Gasteiger partial charge is 0.488 e. The molecule has 0 aliphatic carbocycles. The molecule has 0 spiro atoms. The fourth-order valence-electron chi connectivity index (χ4n) is 3.98. The number of rotatable bonds is 9. The summed E-state index contributed by atoms with van der Waals surface area (Å²) in [4.78, 5) is 11.7. The van der Waals surface area contributed by atoms with Crippen LogP contribution in [0, 0.1) is 6.92 Å². The van der Waals surface area contributed by atoms with Crippen molar-refractivity contribution in [1.29, 1.82) is 0 Å². The number of amides is 1. The summed E-state index contributed by atoms with van der Waals surface area (Å²) in [6.07, 6.45) is 10.9. The van der Waals surface area contributed by atoms with Crippen LogP contribution < -0.4 is 10.5 Å². The molecule has 0 atom stereocenters. The minimum atomic E-state index is -0.460. The van der Waals surface area contributed by atoms with Gasteiger partial charge in [-0.15, -0.1) is 0 Å². The van der Waals surface area contributed by atoms with Crippen molar-refractivity contribution in [2.75, 3.05) is 0 Å². The molecule has 0 saturated heterocycles. The van der Waals surface area contributed by atoms with Crippen molar-refractivity contribution in [3.63, 3.8) is 0 Å². The first-order chi connectivity index (χ1) is 18.4. The molecule has 5 heteroatoms. The zero-order valence-electron chi connectivity index (χ0n) is 22.2. The zero-order valence-corrected chi connectivity index (χ0v) is 23.0. The highest BCUT2D eigenvalue weighted by Crippen LogP contribution is 2.36. The molecule has 1 aromatic heterocycles. The van der Waals surface area contributed by atoms with Gasteiger partial charge in [-0.2, -0.15) is 0 Å². The second-order valence-electron chi connectivity index (χ2n) is 8.74. The SMILES string of the molecule is C/C=C\CC/C=C/C.Cc1ccc(-c2cc(Cl)ccc2OCc2ccccc2)n1-c1cccc(C(N)=O)c1. The summed E-state index contributed by atoms with van der Waals surface area (Å²) >= 11 is 6.33. The number of allylic oxidation sites excluding steroid dienone is 4. The summed E-state index contributed by atoms with van der Waals surface area (Å²) < 4.78 is 8.21. The molecular weight excluding hydrogens is 492 g/mol. The highest BCUT2D eigenvalue weighted by molar-refractivity contribution is 6.31. The Labute approximate surface area is 231 Å². The number of hydrogen-bond acceptors (Lipinski definition) is 2. The van der Waals surface area contributed by atoms with Crippen molar-refractivity contribution < 1.29 is 9.53 Å². The number of benzene rings is 3. The van der Waals surface area contributed by atoms with Gasteiger partial charge < -0.3 is 15.0 Å². The lowest BCUT2D eigenvalue weighted by Crippen LogP contribution is -2.11. The molecule has 1 amide bonds. The lowest BCUT2D eigenvalue weighted by atomic mass is 10.1. The molecule has 4 aromatic rings. The third-order valence-electron chi connectivity index (χ3n) is 5.89. The van der Waals surface area contributed by atoms with Crippen LogP contribution in [0.4, 0.5) is 0 Å². The van der Waals surface area contributed by atoms with Crippen molar-refractivity contribution in [3.8, 4) is 22.7 Å². The molecule has 2 N–H and O–H groups in total. The number of aryl methyl sites for hydroxylation is 1. The van der Waals surface area contributed by atoms with E-state index in [9.17, 15) is 4.79 Å². The van der Waals surface area contributed by atoms with E-state index in [0.717, 1.165) is 34.0 Å². The van der Waals surface area contributed by atoms with Crippen molar-refractivity contribution in [2.45, 2.75) is 40.2 Å². The van der Waals surface area contributed by atoms with Crippen LogP contribution in [-0.4, -0.2) is 10.5 Å². The maximum Gasteiger partial charge on any atom is 0.248 e. The van der Waals surface area contributed by atoms with Crippen LogP contribution in [0.15, 0.2) is 109 Å². The Morgan fingerprint density at radius 1 is 0.895 bits per heavy atom. The van der Waals surface area contributed by atoms with Gasteiger partial charge in [-0.25, -0.2) is 0 Å². The number of carbonyl (C=O) groups excluding carboxylic acids is 1. The number of ether oxygens (including phenoxy) is 1. The van der Waals surface area contributed by atoms with E-state index in [0.29, 0.717) is 17.2 Å². The molecule has 0 unspecified atom stereocenters. The Bertz CT molecular complexity index is 1380. The van der Waals surface area contributed by atoms with E-state index in [2.05, 4.69) is 42.7 Å². The van der Waals surface area contributed by atoms with Crippen molar-refractivity contribution in [1.82, 2.24) is 4.57 Å². The topological polar surface area (TPSA) is 57.2 Å². The Morgan fingerprint density at radius 3 is 2.26 bits per heavy atom. The monoisotopic (exact) mass is 526 g/mol. The highest BCUT2D eigenvalue weighted by Gasteiger charge is 2.16. The standard InChI is InChI=1S/C25H21ClN2O2.C8H14/c1-17-10-12-23(28(17)21-9-5-8-19(14-21)25(27)29)22-15-20(26)11-13-24(22)30-16-18-6-3-2-4-7-18;1-3-5-7-8-6-4-2/h2-15H,16H2,1H3,(H2,27,29);3-6H,7-8H2,1-2H3/b;5-3-,6-4+. The minimum Gasteiger partial charge on any atom is -0.488 e. The molecule has 196 valence electrons. The summed E-state index contributed by atoms with van der Waals surface area (Å²) in [5.74, 6) is 0.270. The first kappa shape index (κ1) is 28.5. The second-order valence-corrected chi connectivity index (χ2v) is 9.18. The average Bonchev–Trinajstić information content (AvgIpc) is 3.32. The van der Waals surface area contributed by atoms with Gasteiger partial charge in [0.1, 0.15) is 12.4 Å². The van der Waals surface area contributed by atoms with Gasteiger partial charge in [0.15, 0.2) is 0 Å². The highest BCUT2D eigenvalue weighted by atomic mass is 35.5. The molecule has 0 fully saturated rings. The summed E-state index contributed by atoms with van der Waals surface area (Å²) in [5.41, 5.74) is 10.7. The van der Waals surface area contributed by atoms with Gasteiger partial charge in [-0.05, 0) is 87.7 Å². The van der Waals surface area contributed by atoms with E-state index < -0.39 is 5.91 Å². The van der Waals surface area contributed by atoms with E-state index in [1.165, 1.54) is 12.8 Å². The van der Waals surface area contributed by atoms with Gasteiger partial charge in [-0.1, -0.05) is 72.3 Å². The third kappa shape index (κ3) is 7.99. The van der Waals surface area contributed by atoms with Gasteiger partial charge in [0.25, 0.3) is 0 Å². The number of nitrogens with zero attached hydrogens (tertiary/aromatic N) is 1. The van der Waals surface area contributed by atoms with E-state index in [4.69, 9.17) is 22.1 Å². The first-order valence-electron chi connectivity index (χ1n) is 12.7. The Morgan fingerprint density at radius 2 is 1.61 bits per heavy atom. The van der Waals surface area contributed by atoms with Gasteiger partial charge in [0.2, 0.25) is 5.91 Å². The molecule has 1 heterocycles. The molecule has 0 aliphatic rings. The van der Waals surface area contributed by atoms with Crippen molar-refractivity contribution in [3.05, 3.63) is 131 Å². The predicted octanol–water partition coefficient (Wildman–Crippen LogP) is 8.70. The number of hydrogen-bond donors (Lipinski definition) is 1. The van der Waals surface area contributed by atoms with Gasteiger partial charge in [-0.3, -0.25) is 4.79 Å². The van der Waals surface area contributed by atoms with Crippen LogP contribution in [0.5, 0.6) is 5.75 Å². The van der Waals surface area contributed by atoms with Gasteiger partial charge in [0, 0.05) is 27.5 Å². The number of unbranched alkanes of at least 4 members (excludes halogenated alkanes) is 1. The van der Waals surface area contributed by atoms with E-state index in [1.807, 2.05) is 79.7 Å². The van der Waals surface area contributed by atoms with E-state index in [-0.39, 0.29) is 0 Å². The number of aromatic nitrogens is 1. The van der Waals surface area contributed by atoms with Crippen LogP contribution in [-0.2, 0) is 6.61 Å². The summed E-state index contributed by atoms with van der Waals surface area (Å²) in [6.45, 7) is 6.56. The predicted molar refractivity (Wildman–Crippen MR) is 159 cm³/mol. The average molecular weight is 527 g/mol. The number of halogens is 1. The van der Waals surface area contributed by atoms with Crippen molar-refractivity contribution in [2.24, 2.45) is 5.73 Å². The zero-order chi connectivity index (χ0) is 27.3. The maximum atomic E-state index is 11.7. The maximum absolute atomic E-state index is 11.7. The molecule has 4 nitrogen and oxygen atoms in total. The number of primary amides is 1. The van der Waals surface area contributed by atoms with Gasteiger partial charge >= 0.3 is 0 Å². The normalized spacial score (nSPS) is 10.9. The van der Waals surface area contributed by atoms with E-state index in [1.54, 1.807) is 12.1 Å². The number of nitrogens with two attached hydrogens (primary N) is 1. The molecule has 0 radical (unpaired) electrons. The molecule has 0 aliphatic heterocycles. The van der Waals surface area contributed by atoms with Crippen LogP contribution >= 0.6 is 11.6 Å². The third-order valence-corrected chi connectivity index (χ3v) is 6.13. The fourth-order valence-corrected chi connectivity index (χ4v) is 4.15. The fraction of sp³-hybridized carbons (Fsp3) is 0.182. The lowest BCUT2D eigenvalue weighted by Gasteiger charge is -2.16. The minimum absolute atomic E-state index is 0.451. The molecular formula is C33H35ClN2O2. The summed E-state index contributed by atoms with van der Waals surface area (Å²) in [5, 5.41) is 0.619. The second kappa shape index (κ2) is 14.7. The van der Waals surface area contributed by atoms with Gasteiger partial charge in [0.05, 0.1) is 5.69 Å². The quantitative estimate of drug-likeness (QED) is 0.175. The first-order valence-corrected chi connectivity index (χ1v) is 13.1. The van der Waals surface area contributed by atoms with Crippen LogP contribution in [0.25, 0.3) is 16.9 Å². The van der Waals surface area contributed by atoms with Crippen LogP contribution in [0.3, 0.4) is 0 Å². The Kier molecular flexibility index (Phi) is 11.0. The number of carbonyl (C=O) groups is 1. The Hall–Kier alpha value is -4.02. The van der Waals surface area contributed by atoms with Crippen LogP contribution in [0.2, 0.25) is 5.02 Å². The Balaban J connectivity index is 0.000000436. The molecule has 0 bridgehead atoms. The molecule has 4 rings (SSSR count). The lowest BCUT2D eigenvalue weighted by molar-refractivity contribution is 0.1000. The molecule has 38 heavy (non-hydrogen) atoms. The van der Waals surface area contributed by atoms with E-state index >= 15 is 0 Å². The van der Waals surface area contributed by atoms with Crippen LogP contribution in [0.1, 0.15) is 48.3 Å².